The summed E-state index contributed by atoms with van der Waals surface area (Å²) in [5.41, 5.74) is 2.34. The Morgan fingerprint density at radius 1 is 1.20 bits per heavy atom. The van der Waals surface area contributed by atoms with Crippen molar-refractivity contribution in [2.24, 2.45) is 16.3 Å². The van der Waals surface area contributed by atoms with E-state index in [0.29, 0.717) is 5.92 Å². The first-order valence-corrected chi connectivity index (χ1v) is 5.28. The summed E-state index contributed by atoms with van der Waals surface area (Å²) < 4.78 is 1.85. The Balaban J connectivity index is 2.23. The van der Waals surface area contributed by atoms with Crippen molar-refractivity contribution >= 4 is 11.9 Å². The van der Waals surface area contributed by atoms with Crippen molar-refractivity contribution in [3.8, 4) is 0 Å². The topological polar surface area (TPSA) is 27.7 Å². The SMILES string of the molecule is Cc1ccc([N+]2=CC(C(C)C)N=N2)cc1. The minimum atomic E-state index is 0.214. The lowest BCUT2D eigenvalue weighted by molar-refractivity contribution is -0.444. The van der Waals surface area contributed by atoms with Crippen LogP contribution in [0.5, 0.6) is 0 Å². The zero-order chi connectivity index (χ0) is 10.8. The highest BCUT2D eigenvalue weighted by molar-refractivity contribution is 5.62. The van der Waals surface area contributed by atoms with E-state index in [1.54, 1.807) is 0 Å². The molecule has 0 radical (unpaired) electrons. The molecule has 0 bridgehead atoms. The van der Waals surface area contributed by atoms with Gasteiger partial charge in [0, 0.05) is 11.0 Å². The third-order valence-corrected chi connectivity index (χ3v) is 2.56. The number of hydrogen-bond donors (Lipinski definition) is 0. The van der Waals surface area contributed by atoms with Gasteiger partial charge in [-0.05, 0) is 19.1 Å². The molecule has 0 saturated heterocycles. The van der Waals surface area contributed by atoms with Gasteiger partial charge in [0.2, 0.25) is 6.04 Å². The van der Waals surface area contributed by atoms with E-state index in [4.69, 9.17) is 0 Å². The van der Waals surface area contributed by atoms with E-state index in [2.05, 4.69) is 61.6 Å². The van der Waals surface area contributed by atoms with Crippen molar-refractivity contribution in [1.82, 2.24) is 0 Å². The molecule has 0 aliphatic carbocycles. The number of aryl methyl sites for hydroxylation is 1. The summed E-state index contributed by atoms with van der Waals surface area (Å²) >= 11 is 0. The van der Waals surface area contributed by atoms with Crippen LogP contribution in [0.1, 0.15) is 19.4 Å². The molecule has 1 aliphatic rings. The second kappa shape index (κ2) is 3.93. The molecule has 0 amide bonds. The van der Waals surface area contributed by atoms with Crippen molar-refractivity contribution < 1.29 is 4.68 Å². The number of rotatable bonds is 2. The van der Waals surface area contributed by atoms with Gasteiger partial charge in [0.1, 0.15) is 11.4 Å². The molecular formula is C12H16N3+. The fourth-order valence-corrected chi connectivity index (χ4v) is 1.46. The second-order valence-corrected chi connectivity index (χ2v) is 4.27. The van der Waals surface area contributed by atoms with Gasteiger partial charge in [-0.3, -0.25) is 0 Å². The predicted molar refractivity (Wildman–Crippen MR) is 60.6 cm³/mol. The summed E-state index contributed by atoms with van der Waals surface area (Å²) in [5, 5.41) is 8.35. The average molecular weight is 202 g/mol. The highest BCUT2D eigenvalue weighted by atomic mass is 15.5. The van der Waals surface area contributed by atoms with Crippen LogP contribution >= 0.6 is 0 Å². The monoisotopic (exact) mass is 202 g/mol. The Labute approximate surface area is 90.1 Å². The number of hydrogen-bond acceptors (Lipinski definition) is 2. The fourth-order valence-electron chi connectivity index (χ4n) is 1.46. The Bertz CT molecular complexity index is 401. The molecule has 1 aliphatic heterocycles. The quantitative estimate of drug-likeness (QED) is 0.659. The molecule has 0 fully saturated rings. The molecule has 15 heavy (non-hydrogen) atoms. The van der Waals surface area contributed by atoms with Gasteiger partial charge in [0.25, 0.3) is 0 Å². The summed E-state index contributed by atoms with van der Waals surface area (Å²) in [6.45, 7) is 6.38. The zero-order valence-corrected chi connectivity index (χ0v) is 9.38. The summed E-state index contributed by atoms with van der Waals surface area (Å²) in [7, 11) is 0. The smallest absolute Gasteiger partial charge is 0.102 e. The van der Waals surface area contributed by atoms with Crippen LogP contribution in [0.2, 0.25) is 0 Å². The minimum absolute atomic E-state index is 0.214. The Kier molecular flexibility index (Phi) is 2.62. The van der Waals surface area contributed by atoms with Crippen LogP contribution in [-0.2, 0) is 0 Å². The molecule has 1 heterocycles. The Hall–Kier alpha value is -1.51. The molecule has 1 aromatic carbocycles. The van der Waals surface area contributed by atoms with Crippen molar-refractivity contribution in [1.29, 1.82) is 0 Å². The molecular weight excluding hydrogens is 186 g/mol. The maximum Gasteiger partial charge on any atom is 0.225 e. The number of nitrogens with zero attached hydrogens (tertiary/aromatic N) is 3. The summed E-state index contributed by atoms with van der Waals surface area (Å²) in [5.74, 6) is 0.504. The zero-order valence-electron chi connectivity index (χ0n) is 9.38. The summed E-state index contributed by atoms with van der Waals surface area (Å²) in [6, 6.07) is 8.51. The van der Waals surface area contributed by atoms with E-state index in [0.717, 1.165) is 5.69 Å². The van der Waals surface area contributed by atoms with Crippen LogP contribution in [0.3, 0.4) is 0 Å². The standard InChI is InChI=1S/C12H16N3/c1-9(2)12-8-15(14-13-12)11-6-4-10(3)5-7-11/h4-9,12H,1-3H3/q+1. The van der Waals surface area contributed by atoms with Gasteiger partial charge >= 0.3 is 0 Å². The van der Waals surface area contributed by atoms with E-state index in [-0.39, 0.29) is 6.04 Å². The molecule has 1 aromatic rings. The maximum atomic E-state index is 4.21. The fraction of sp³-hybridized carbons (Fsp3) is 0.417. The second-order valence-electron chi connectivity index (χ2n) is 4.27. The first-order chi connectivity index (χ1) is 7.16. The van der Waals surface area contributed by atoms with Gasteiger partial charge in [-0.1, -0.05) is 31.5 Å². The van der Waals surface area contributed by atoms with Crippen molar-refractivity contribution in [3.05, 3.63) is 29.8 Å². The summed E-state index contributed by atoms with van der Waals surface area (Å²) in [6.07, 6.45) is 2.06. The predicted octanol–water partition coefficient (Wildman–Crippen LogP) is 3.12. The van der Waals surface area contributed by atoms with Crippen LogP contribution in [0.15, 0.2) is 34.6 Å². The lowest BCUT2D eigenvalue weighted by Crippen LogP contribution is -2.13. The molecule has 1 unspecified atom stereocenters. The van der Waals surface area contributed by atoms with E-state index in [1.165, 1.54) is 5.56 Å². The molecule has 0 aromatic heterocycles. The van der Waals surface area contributed by atoms with Gasteiger partial charge in [-0.2, -0.15) is 0 Å². The van der Waals surface area contributed by atoms with E-state index < -0.39 is 0 Å². The Morgan fingerprint density at radius 3 is 2.40 bits per heavy atom. The van der Waals surface area contributed by atoms with Gasteiger partial charge in [0.05, 0.1) is 0 Å². The van der Waals surface area contributed by atoms with Gasteiger partial charge in [0.15, 0.2) is 5.69 Å². The molecule has 3 heteroatoms. The van der Waals surface area contributed by atoms with Crippen molar-refractivity contribution in [2.45, 2.75) is 26.8 Å². The minimum Gasteiger partial charge on any atom is -0.102 e. The molecule has 1 atom stereocenters. The third kappa shape index (κ3) is 2.12. The largest absolute Gasteiger partial charge is 0.225 e. The van der Waals surface area contributed by atoms with Crippen LogP contribution in [0, 0.1) is 12.8 Å². The highest BCUT2D eigenvalue weighted by Gasteiger charge is 2.25. The highest BCUT2D eigenvalue weighted by Crippen LogP contribution is 2.18. The molecule has 0 N–H and O–H groups in total. The maximum absolute atomic E-state index is 4.21. The third-order valence-electron chi connectivity index (χ3n) is 2.56. The van der Waals surface area contributed by atoms with E-state index >= 15 is 0 Å². The van der Waals surface area contributed by atoms with Crippen molar-refractivity contribution in [3.63, 3.8) is 0 Å². The molecule has 2 rings (SSSR count). The molecule has 3 nitrogen and oxygen atoms in total. The average Bonchev–Trinajstić information content (AvgIpc) is 2.68. The van der Waals surface area contributed by atoms with Crippen LogP contribution in [0.4, 0.5) is 5.69 Å². The van der Waals surface area contributed by atoms with Gasteiger partial charge in [-0.15, -0.1) is 4.68 Å². The van der Waals surface area contributed by atoms with Crippen LogP contribution in [0.25, 0.3) is 0 Å². The van der Waals surface area contributed by atoms with E-state index in [9.17, 15) is 0 Å². The van der Waals surface area contributed by atoms with Crippen LogP contribution in [-0.4, -0.2) is 16.9 Å². The first-order valence-electron chi connectivity index (χ1n) is 5.28. The van der Waals surface area contributed by atoms with Crippen LogP contribution < -0.4 is 0 Å². The molecule has 0 spiro atoms. The number of benzene rings is 1. The Morgan fingerprint density at radius 2 is 1.87 bits per heavy atom. The summed E-state index contributed by atoms with van der Waals surface area (Å²) in [4.78, 5) is 0. The normalized spacial score (nSPS) is 19.7. The first kappa shape index (κ1) is 10.0. The van der Waals surface area contributed by atoms with E-state index in [1.807, 2.05) is 4.68 Å². The molecule has 0 saturated carbocycles. The van der Waals surface area contributed by atoms with Gasteiger partial charge in [-0.25, -0.2) is 0 Å². The lowest BCUT2D eigenvalue weighted by atomic mass is 10.1. The lowest BCUT2D eigenvalue weighted by Gasteiger charge is -1.98. The van der Waals surface area contributed by atoms with Gasteiger partial charge < -0.3 is 0 Å². The molecule has 78 valence electrons. The van der Waals surface area contributed by atoms with Crippen molar-refractivity contribution in [2.75, 3.05) is 0 Å².